The number of hydrogen-bond donors (Lipinski definition) is 0. The number of methoxy groups -OCH3 is 1. The van der Waals surface area contributed by atoms with Crippen molar-refractivity contribution in [2.75, 3.05) is 7.11 Å². The molecule has 1 rings (SSSR count). The number of esters is 1. The van der Waals surface area contributed by atoms with Gasteiger partial charge in [0.15, 0.2) is 0 Å². The molecule has 0 aliphatic carbocycles. The summed E-state index contributed by atoms with van der Waals surface area (Å²) in [5.41, 5.74) is 1.53. The molecule has 0 saturated heterocycles. The van der Waals surface area contributed by atoms with E-state index in [9.17, 15) is 4.79 Å². The lowest BCUT2D eigenvalue weighted by Gasteiger charge is -2.10. The lowest BCUT2D eigenvalue weighted by molar-refractivity contribution is 0.0600. The van der Waals surface area contributed by atoms with Crippen LogP contribution in [-0.2, 0) is 4.74 Å². The van der Waals surface area contributed by atoms with E-state index in [1.165, 1.54) is 7.11 Å². The second kappa shape index (κ2) is 4.60. The molecule has 0 atom stereocenters. The molecule has 3 heteroatoms. The summed E-state index contributed by atoms with van der Waals surface area (Å²) in [5.74, 6) is 0.792. The average molecular weight is 256 g/mol. The van der Waals surface area contributed by atoms with Crippen molar-refractivity contribution in [3.05, 3.63) is 39.7 Å². The van der Waals surface area contributed by atoms with Crippen LogP contribution < -0.4 is 0 Å². The van der Waals surface area contributed by atoms with Crippen LogP contribution in [0, 0.1) is 5.92 Å². The predicted molar refractivity (Wildman–Crippen MR) is 59.2 cm³/mol. The van der Waals surface area contributed by atoms with Crippen molar-refractivity contribution < 1.29 is 9.53 Å². The number of carbonyl (C=O) groups is 1. The molecule has 0 bridgehead atoms. The normalized spacial score (nSPS) is 10.4. The van der Waals surface area contributed by atoms with Crippen LogP contribution in [0.5, 0.6) is 0 Å². The predicted octanol–water partition coefficient (Wildman–Crippen LogP) is 3.20. The Bertz CT molecular complexity index is 345. The van der Waals surface area contributed by atoms with Gasteiger partial charge in [0.05, 0.1) is 12.7 Å². The smallest absolute Gasteiger partial charge is 0.338 e. The van der Waals surface area contributed by atoms with E-state index in [1.54, 1.807) is 6.07 Å². The molecule has 1 aromatic rings. The minimum absolute atomic E-state index is 0.297. The lowest BCUT2D eigenvalue weighted by atomic mass is 9.97. The third-order valence-corrected chi connectivity index (χ3v) is 2.42. The minimum atomic E-state index is -0.297. The first-order chi connectivity index (χ1) is 6.56. The highest BCUT2D eigenvalue weighted by molar-refractivity contribution is 9.10. The number of benzene rings is 1. The van der Waals surface area contributed by atoms with Crippen molar-refractivity contribution >= 4 is 21.9 Å². The molecular formula is C11H12BrO2. The Labute approximate surface area is 92.4 Å². The molecule has 14 heavy (non-hydrogen) atoms. The molecule has 0 amide bonds. The van der Waals surface area contributed by atoms with Gasteiger partial charge in [0.1, 0.15) is 0 Å². The molecule has 2 nitrogen and oxygen atoms in total. The van der Waals surface area contributed by atoms with E-state index in [1.807, 2.05) is 26.0 Å². The van der Waals surface area contributed by atoms with Gasteiger partial charge in [0.25, 0.3) is 0 Å². The zero-order valence-electron chi connectivity index (χ0n) is 8.43. The van der Waals surface area contributed by atoms with Crippen LogP contribution in [-0.4, -0.2) is 13.1 Å². The van der Waals surface area contributed by atoms with Crippen molar-refractivity contribution in [2.45, 2.75) is 13.8 Å². The van der Waals surface area contributed by atoms with Crippen molar-refractivity contribution in [3.63, 3.8) is 0 Å². The fraction of sp³-hybridized carbons (Fsp3) is 0.273. The monoisotopic (exact) mass is 255 g/mol. The summed E-state index contributed by atoms with van der Waals surface area (Å²) >= 11 is 3.37. The van der Waals surface area contributed by atoms with Gasteiger partial charge < -0.3 is 4.74 Å². The molecule has 0 N–H and O–H groups in total. The van der Waals surface area contributed by atoms with Gasteiger partial charge >= 0.3 is 5.97 Å². The zero-order valence-corrected chi connectivity index (χ0v) is 10.0. The van der Waals surface area contributed by atoms with Crippen molar-refractivity contribution in [3.8, 4) is 0 Å². The third kappa shape index (κ3) is 2.35. The third-order valence-electron chi connectivity index (χ3n) is 1.93. The Morgan fingerprint density at radius 3 is 2.43 bits per heavy atom. The van der Waals surface area contributed by atoms with Gasteiger partial charge in [0.2, 0.25) is 0 Å². The molecule has 75 valence electrons. The second-order valence-electron chi connectivity index (χ2n) is 3.18. The van der Waals surface area contributed by atoms with Gasteiger partial charge in [-0.15, -0.1) is 0 Å². The van der Waals surface area contributed by atoms with E-state index in [0.717, 1.165) is 16.0 Å². The largest absolute Gasteiger partial charge is 0.465 e. The standard InChI is InChI=1S/C11H12BrO2/c1-7(2)10-6-8(12)4-5-9(10)11(13)14-3/h4-6H,1-3H3. The number of hydrogen-bond acceptors (Lipinski definition) is 2. The molecular weight excluding hydrogens is 244 g/mol. The highest BCUT2D eigenvalue weighted by Gasteiger charge is 2.14. The molecule has 0 heterocycles. The first-order valence-electron chi connectivity index (χ1n) is 4.24. The molecule has 1 radical (unpaired) electrons. The quantitative estimate of drug-likeness (QED) is 0.759. The fourth-order valence-electron chi connectivity index (χ4n) is 1.22. The second-order valence-corrected chi connectivity index (χ2v) is 4.10. The van der Waals surface area contributed by atoms with Crippen LogP contribution in [0.4, 0.5) is 0 Å². The number of halogens is 1. The van der Waals surface area contributed by atoms with Crippen LogP contribution in [0.1, 0.15) is 29.8 Å². The van der Waals surface area contributed by atoms with Crippen molar-refractivity contribution in [1.29, 1.82) is 0 Å². The summed E-state index contributed by atoms with van der Waals surface area (Å²) < 4.78 is 5.66. The average Bonchev–Trinajstić information content (AvgIpc) is 2.16. The summed E-state index contributed by atoms with van der Waals surface area (Å²) in [7, 11) is 1.39. The van der Waals surface area contributed by atoms with Crippen LogP contribution in [0.15, 0.2) is 22.7 Å². The lowest BCUT2D eigenvalue weighted by Crippen LogP contribution is -2.06. The highest BCUT2D eigenvalue weighted by Crippen LogP contribution is 2.23. The molecule has 0 aromatic heterocycles. The van der Waals surface area contributed by atoms with Gasteiger partial charge in [-0.3, -0.25) is 0 Å². The van der Waals surface area contributed by atoms with E-state index >= 15 is 0 Å². The Balaban J connectivity index is 3.21. The maximum absolute atomic E-state index is 11.4. The molecule has 0 saturated carbocycles. The highest BCUT2D eigenvalue weighted by atomic mass is 79.9. The van der Waals surface area contributed by atoms with Crippen LogP contribution >= 0.6 is 15.9 Å². The van der Waals surface area contributed by atoms with E-state index in [-0.39, 0.29) is 5.97 Å². The van der Waals surface area contributed by atoms with Gasteiger partial charge in [-0.05, 0) is 29.7 Å². The van der Waals surface area contributed by atoms with Crippen LogP contribution in [0.2, 0.25) is 0 Å². The Hall–Kier alpha value is -0.830. The van der Waals surface area contributed by atoms with Gasteiger partial charge in [-0.25, -0.2) is 4.79 Å². The number of ether oxygens (including phenoxy) is 1. The number of carbonyl (C=O) groups excluding carboxylic acids is 1. The fourth-order valence-corrected chi connectivity index (χ4v) is 1.58. The van der Waals surface area contributed by atoms with E-state index in [4.69, 9.17) is 4.74 Å². The van der Waals surface area contributed by atoms with Crippen LogP contribution in [0.25, 0.3) is 0 Å². The zero-order chi connectivity index (χ0) is 10.7. The van der Waals surface area contributed by atoms with E-state index in [0.29, 0.717) is 5.56 Å². The topological polar surface area (TPSA) is 26.3 Å². The van der Waals surface area contributed by atoms with E-state index in [2.05, 4.69) is 15.9 Å². The summed E-state index contributed by atoms with van der Waals surface area (Å²) in [6, 6.07) is 5.51. The first-order valence-corrected chi connectivity index (χ1v) is 5.04. The van der Waals surface area contributed by atoms with Gasteiger partial charge in [0, 0.05) is 4.47 Å². The summed E-state index contributed by atoms with van der Waals surface area (Å²) in [4.78, 5) is 11.4. The molecule has 1 aromatic carbocycles. The van der Waals surface area contributed by atoms with Gasteiger partial charge in [-0.1, -0.05) is 29.8 Å². The van der Waals surface area contributed by atoms with E-state index < -0.39 is 0 Å². The molecule has 0 aliphatic heterocycles. The maximum Gasteiger partial charge on any atom is 0.338 e. The Morgan fingerprint density at radius 2 is 1.93 bits per heavy atom. The summed E-state index contributed by atoms with van der Waals surface area (Å²) in [5, 5.41) is 0. The Kier molecular flexibility index (Phi) is 3.69. The van der Waals surface area contributed by atoms with Crippen molar-refractivity contribution in [1.82, 2.24) is 0 Å². The first kappa shape index (κ1) is 11.2. The molecule has 0 spiro atoms. The summed E-state index contributed by atoms with van der Waals surface area (Å²) in [6.45, 7) is 3.93. The molecule has 0 unspecified atom stereocenters. The summed E-state index contributed by atoms with van der Waals surface area (Å²) in [6.07, 6.45) is 0. The molecule has 0 fully saturated rings. The SMILES string of the molecule is COC(=O)c1ccc(Br)cc1[C](C)C. The molecule has 0 aliphatic rings. The minimum Gasteiger partial charge on any atom is -0.465 e. The number of rotatable bonds is 2. The van der Waals surface area contributed by atoms with Crippen molar-refractivity contribution in [2.24, 2.45) is 0 Å². The van der Waals surface area contributed by atoms with Gasteiger partial charge in [-0.2, -0.15) is 0 Å². The maximum atomic E-state index is 11.4. The van der Waals surface area contributed by atoms with Crippen LogP contribution in [0.3, 0.4) is 0 Å². The Morgan fingerprint density at radius 1 is 1.29 bits per heavy atom.